The number of hydrogen-bond donors (Lipinski definition) is 3. The molecule has 10 heteroatoms. The van der Waals surface area contributed by atoms with E-state index in [1.807, 2.05) is 0 Å². The summed E-state index contributed by atoms with van der Waals surface area (Å²) in [6, 6.07) is 0. The van der Waals surface area contributed by atoms with E-state index >= 15 is 0 Å². The lowest BCUT2D eigenvalue weighted by atomic mass is 9.83. The molecule has 0 fully saturated rings. The van der Waals surface area contributed by atoms with Gasteiger partial charge in [0.2, 0.25) is 5.91 Å². The highest BCUT2D eigenvalue weighted by molar-refractivity contribution is 8.14. The number of methoxy groups -OCH3 is 1. The van der Waals surface area contributed by atoms with E-state index in [-0.39, 0.29) is 23.4 Å². The van der Waals surface area contributed by atoms with Gasteiger partial charge in [-0.2, -0.15) is 0 Å². The Morgan fingerprint density at radius 3 is 2.00 bits per heavy atom. The van der Waals surface area contributed by atoms with Crippen molar-refractivity contribution in [3.63, 3.8) is 0 Å². The van der Waals surface area contributed by atoms with Crippen molar-refractivity contribution in [3.05, 3.63) is 0 Å². The second-order valence-corrected chi connectivity index (χ2v) is 7.70. The molecule has 146 valence electrons. The molecule has 0 aliphatic carbocycles. The van der Waals surface area contributed by atoms with E-state index in [4.69, 9.17) is 11.5 Å². The summed E-state index contributed by atoms with van der Waals surface area (Å²) >= 11 is 0.882. The van der Waals surface area contributed by atoms with Gasteiger partial charge in [-0.25, -0.2) is 4.79 Å². The van der Waals surface area contributed by atoms with Gasteiger partial charge in [0, 0.05) is 13.5 Å². The third-order valence-corrected chi connectivity index (χ3v) is 4.78. The number of rotatable bonds is 8. The number of amides is 1. The number of nitrogens with two attached hydrogens (primary N) is 2. The fourth-order valence-electron chi connectivity index (χ4n) is 2.12. The number of nitrogens with one attached hydrogen (secondary N) is 1. The van der Waals surface area contributed by atoms with Crippen LogP contribution < -0.4 is 16.8 Å². The number of ketones is 1. The molecule has 0 spiro atoms. The van der Waals surface area contributed by atoms with Crippen LogP contribution in [0.25, 0.3) is 0 Å². The monoisotopic (exact) mass is 397 g/mol. The van der Waals surface area contributed by atoms with Gasteiger partial charge in [-0.1, -0.05) is 25.6 Å². The molecule has 2 unspecified atom stereocenters. The second-order valence-electron chi connectivity index (χ2n) is 6.38. The molecule has 5 N–H and O–H groups in total. The van der Waals surface area contributed by atoms with Crippen molar-refractivity contribution in [2.75, 3.05) is 13.7 Å². The van der Waals surface area contributed by atoms with Crippen LogP contribution in [0.3, 0.4) is 0 Å². The van der Waals surface area contributed by atoms with Gasteiger partial charge in [0.25, 0.3) is 0 Å². The van der Waals surface area contributed by atoms with E-state index in [2.05, 4.69) is 10.1 Å². The summed E-state index contributed by atoms with van der Waals surface area (Å²) < 4.78 is 4.54. The van der Waals surface area contributed by atoms with Gasteiger partial charge in [-0.15, -0.1) is 12.4 Å². The van der Waals surface area contributed by atoms with Gasteiger partial charge >= 0.3 is 5.97 Å². The molecule has 0 saturated heterocycles. The molecule has 0 aromatic rings. The zero-order valence-electron chi connectivity index (χ0n) is 15.4. The van der Waals surface area contributed by atoms with Gasteiger partial charge in [-0.3, -0.25) is 14.4 Å². The SMILES string of the molecule is COC(=O)C(N)(CN)C(=O)C(C)(C)NC(=O)C(SC(C)=O)C(C)C.Cl. The Bertz CT molecular complexity index is 527. The minimum atomic E-state index is -2.06. The summed E-state index contributed by atoms with van der Waals surface area (Å²) in [5, 5.41) is 1.68. The molecule has 0 rings (SSSR count). The summed E-state index contributed by atoms with van der Waals surface area (Å²) in [4.78, 5) is 48.3. The molecule has 1 amide bonds. The smallest absolute Gasteiger partial charge is 0.335 e. The van der Waals surface area contributed by atoms with Crippen molar-refractivity contribution in [1.82, 2.24) is 5.32 Å². The number of carbonyl (C=O) groups excluding carboxylic acids is 4. The van der Waals surface area contributed by atoms with E-state index in [0.717, 1.165) is 18.9 Å². The van der Waals surface area contributed by atoms with Gasteiger partial charge < -0.3 is 21.5 Å². The van der Waals surface area contributed by atoms with Gasteiger partial charge in [0.1, 0.15) is 0 Å². The third kappa shape index (κ3) is 6.58. The van der Waals surface area contributed by atoms with Crippen LogP contribution in [0.2, 0.25) is 0 Å². The third-order valence-electron chi connectivity index (χ3n) is 3.44. The van der Waals surface area contributed by atoms with Crippen molar-refractivity contribution in [2.24, 2.45) is 17.4 Å². The van der Waals surface area contributed by atoms with Crippen LogP contribution in [0.1, 0.15) is 34.6 Å². The van der Waals surface area contributed by atoms with Crippen LogP contribution in [0.5, 0.6) is 0 Å². The number of thioether (sulfide) groups is 1. The van der Waals surface area contributed by atoms with Crippen molar-refractivity contribution in [3.8, 4) is 0 Å². The van der Waals surface area contributed by atoms with Crippen LogP contribution in [-0.2, 0) is 23.9 Å². The molecule has 0 aliphatic rings. The molecular formula is C15H28ClN3O5S. The van der Waals surface area contributed by atoms with Gasteiger partial charge in [-0.05, 0) is 19.8 Å². The average Bonchev–Trinajstić information content (AvgIpc) is 2.48. The Kier molecular flexibility index (Phi) is 10.5. The molecule has 0 saturated carbocycles. The molecule has 0 aromatic carbocycles. The predicted molar refractivity (Wildman–Crippen MR) is 99.4 cm³/mol. The molecule has 0 bridgehead atoms. The summed E-state index contributed by atoms with van der Waals surface area (Å²) in [5.74, 6) is -2.38. The average molecular weight is 398 g/mol. The van der Waals surface area contributed by atoms with Crippen LogP contribution in [0.4, 0.5) is 0 Å². The van der Waals surface area contributed by atoms with Crippen molar-refractivity contribution in [1.29, 1.82) is 0 Å². The Balaban J connectivity index is 0. The highest BCUT2D eigenvalue weighted by Gasteiger charge is 2.49. The fraction of sp³-hybridized carbons (Fsp3) is 0.733. The molecule has 0 aliphatic heterocycles. The van der Waals surface area contributed by atoms with Crippen molar-refractivity contribution < 1.29 is 23.9 Å². The number of carbonyl (C=O) groups is 4. The standard InChI is InChI=1S/C15H27N3O5S.ClH/c1-8(2)10(24-9(3)19)11(20)18-14(4,5)12(21)15(17,7-16)13(22)23-6;/h8,10H,7,16-17H2,1-6H3,(H,18,20);1H. The molecule has 8 nitrogen and oxygen atoms in total. The van der Waals surface area contributed by atoms with Gasteiger partial charge in [0.05, 0.1) is 17.9 Å². The van der Waals surface area contributed by atoms with E-state index in [0.29, 0.717) is 0 Å². The second kappa shape index (κ2) is 10.1. The normalized spacial score (nSPS) is 14.8. The maximum absolute atomic E-state index is 12.7. The highest BCUT2D eigenvalue weighted by atomic mass is 35.5. The largest absolute Gasteiger partial charge is 0.467 e. The first-order valence-corrected chi connectivity index (χ1v) is 8.33. The minimum absolute atomic E-state index is 0. The Morgan fingerprint density at radius 2 is 1.68 bits per heavy atom. The summed E-state index contributed by atoms with van der Waals surface area (Å²) in [5.41, 5.74) is 7.76. The molecule has 0 radical (unpaired) electrons. The zero-order valence-corrected chi connectivity index (χ0v) is 17.0. The highest BCUT2D eigenvalue weighted by Crippen LogP contribution is 2.22. The topological polar surface area (TPSA) is 142 Å². The van der Waals surface area contributed by atoms with E-state index in [1.165, 1.54) is 20.8 Å². The number of ether oxygens (including phenoxy) is 1. The number of hydrogen-bond acceptors (Lipinski definition) is 8. The lowest BCUT2D eigenvalue weighted by molar-refractivity contribution is -0.153. The van der Waals surface area contributed by atoms with Crippen molar-refractivity contribution in [2.45, 2.75) is 50.9 Å². The summed E-state index contributed by atoms with van der Waals surface area (Å²) in [7, 11) is 1.09. The molecule has 0 aromatic heterocycles. The fourth-order valence-corrected chi connectivity index (χ4v) is 2.91. The first kappa shape index (κ1) is 26.1. The van der Waals surface area contributed by atoms with Gasteiger partial charge in [0.15, 0.2) is 16.4 Å². The maximum atomic E-state index is 12.7. The first-order chi connectivity index (χ1) is 10.8. The molecule has 2 atom stereocenters. The van der Waals surface area contributed by atoms with Crippen LogP contribution in [-0.4, -0.2) is 52.8 Å². The molecule has 25 heavy (non-hydrogen) atoms. The zero-order chi connectivity index (χ0) is 19.3. The quantitative estimate of drug-likeness (QED) is 0.384. The lowest BCUT2D eigenvalue weighted by Gasteiger charge is -2.34. The summed E-state index contributed by atoms with van der Waals surface area (Å²) in [6.07, 6.45) is 0. The Morgan fingerprint density at radius 1 is 1.20 bits per heavy atom. The molecular weight excluding hydrogens is 370 g/mol. The van der Waals surface area contributed by atoms with E-state index in [9.17, 15) is 19.2 Å². The molecule has 0 heterocycles. The summed E-state index contributed by atoms with van der Waals surface area (Å²) in [6.45, 7) is 7.31. The van der Waals surface area contributed by atoms with E-state index < -0.39 is 40.5 Å². The first-order valence-electron chi connectivity index (χ1n) is 7.45. The number of Topliss-reactive ketones (excluding diaryl/α,β-unsaturated/α-hetero) is 1. The maximum Gasteiger partial charge on any atom is 0.335 e. The lowest BCUT2D eigenvalue weighted by Crippen LogP contribution is -2.69. The van der Waals surface area contributed by atoms with Crippen LogP contribution in [0.15, 0.2) is 0 Å². The number of halogens is 1. The minimum Gasteiger partial charge on any atom is -0.467 e. The van der Waals surface area contributed by atoms with E-state index in [1.54, 1.807) is 13.8 Å². The Labute approximate surface area is 158 Å². The van der Waals surface area contributed by atoms with Crippen LogP contribution >= 0.6 is 24.2 Å². The predicted octanol–water partition coefficient (Wildman–Crippen LogP) is 0.00560. The number of esters is 1. The van der Waals surface area contributed by atoms with Crippen molar-refractivity contribution >= 4 is 46.9 Å². The van der Waals surface area contributed by atoms with Crippen LogP contribution in [0, 0.1) is 5.92 Å². The Hall–Kier alpha value is -1.16.